The van der Waals surface area contributed by atoms with E-state index in [9.17, 15) is 4.79 Å². The maximum atomic E-state index is 12.7. The largest absolute Gasteiger partial charge is 0.382 e. The van der Waals surface area contributed by atoms with Crippen molar-refractivity contribution >= 4 is 27.5 Å². The molecule has 1 fully saturated rings. The van der Waals surface area contributed by atoms with Gasteiger partial charge in [0, 0.05) is 44.3 Å². The van der Waals surface area contributed by atoms with Crippen LogP contribution in [0.5, 0.6) is 0 Å². The molecule has 0 spiro atoms. The number of amides is 1. The van der Waals surface area contributed by atoms with Crippen LogP contribution in [0.4, 0.5) is 0 Å². The molecule has 7 heteroatoms. The standard InChI is InChI=1S/C24H30N4O2S/c1-4-18-5-6-20-22(13-18)31-24(28-20)8-7-23(29)27-21(19-9-11-30-12-10-19)15-26-17(3)16(2)14-25/h5-6,13,19,21,26H,2-4,7-12,15H2,1H3,(H,27,29). The highest BCUT2D eigenvalue weighted by molar-refractivity contribution is 7.18. The monoisotopic (exact) mass is 438 g/mol. The topological polar surface area (TPSA) is 87.0 Å². The Hall–Kier alpha value is -2.69. The number of nitriles is 1. The van der Waals surface area contributed by atoms with Crippen LogP contribution >= 0.6 is 11.3 Å². The minimum Gasteiger partial charge on any atom is -0.382 e. The van der Waals surface area contributed by atoms with Crippen molar-refractivity contribution in [1.29, 1.82) is 5.26 Å². The number of benzene rings is 1. The Balaban J connectivity index is 1.58. The maximum Gasteiger partial charge on any atom is 0.220 e. The van der Waals surface area contributed by atoms with E-state index in [-0.39, 0.29) is 11.9 Å². The van der Waals surface area contributed by atoms with Gasteiger partial charge in [-0.25, -0.2) is 4.98 Å². The summed E-state index contributed by atoms with van der Waals surface area (Å²) in [6.45, 7) is 11.6. The minimum absolute atomic E-state index is 0.0107. The lowest BCUT2D eigenvalue weighted by Gasteiger charge is -2.31. The molecule has 1 saturated heterocycles. The third-order valence-corrected chi connectivity index (χ3v) is 6.77. The SMILES string of the molecule is C=C(C#N)C(=C)NCC(NC(=O)CCc1nc2ccc(CC)cc2s1)C1CCOCC1. The number of hydrogen-bond acceptors (Lipinski definition) is 6. The Kier molecular flexibility index (Phi) is 8.21. The Labute approximate surface area is 188 Å². The molecule has 164 valence electrons. The van der Waals surface area contributed by atoms with Crippen LogP contribution in [0.15, 0.2) is 42.6 Å². The lowest BCUT2D eigenvalue weighted by molar-refractivity contribution is -0.122. The molecule has 0 bridgehead atoms. The third-order valence-electron chi connectivity index (χ3n) is 5.69. The first-order chi connectivity index (χ1) is 15.0. The fraction of sp³-hybridized carbons (Fsp3) is 0.458. The number of carbonyl (C=O) groups is 1. The molecule has 1 atom stereocenters. The van der Waals surface area contributed by atoms with Crippen molar-refractivity contribution in [1.82, 2.24) is 15.6 Å². The van der Waals surface area contributed by atoms with Crippen molar-refractivity contribution in [3.05, 3.63) is 53.2 Å². The summed E-state index contributed by atoms with van der Waals surface area (Å²) in [4.78, 5) is 17.4. The molecule has 2 N–H and O–H groups in total. The minimum atomic E-state index is -0.0536. The lowest BCUT2D eigenvalue weighted by atomic mass is 9.91. The van der Waals surface area contributed by atoms with Crippen molar-refractivity contribution in [3.63, 3.8) is 0 Å². The van der Waals surface area contributed by atoms with E-state index < -0.39 is 0 Å². The molecule has 1 aliphatic heterocycles. The molecule has 2 aromatic rings. The Bertz CT molecular complexity index is 985. The van der Waals surface area contributed by atoms with Crippen molar-refractivity contribution in [2.45, 2.75) is 45.1 Å². The summed E-state index contributed by atoms with van der Waals surface area (Å²) < 4.78 is 6.65. The highest BCUT2D eigenvalue weighted by Gasteiger charge is 2.25. The van der Waals surface area contributed by atoms with Gasteiger partial charge in [0.25, 0.3) is 0 Å². The fourth-order valence-electron chi connectivity index (χ4n) is 3.70. The molecule has 31 heavy (non-hydrogen) atoms. The molecular formula is C24H30N4O2S. The van der Waals surface area contributed by atoms with Gasteiger partial charge < -0.3 is 15.4 Å². The molecule has 0 aliphatic carbocycles. The molecule has 3 rings (SSSR count). The number of ether oxygens (including phenoxy) is 1. The van der Waals surface area contributed by atoms with Crippen molar-refractivity contribution < 1.29 is 9.53 Å². The second-order valence-electron chi connectivity index (χ2n) is 7.84. The zero-order valence-corrected chi connectivity index (χ0v) is 18.9. The van der Waals surface area contributed by atoms with Gasteiger partial charge in [-0.15, -0.1) is 11.3 Å². The van der Waals surface area contributed by atoms with Gasteiger partial charge in [0.1, 0.15) is 6.07 Å². The first kappa shape index (κ1) is 23.0. The third kappa shape index (κ3) is 6.39. The van der Waals surface area contributed by atoms with E-state index in [4.69, 9.17) is 10.00 Å². The zero-order chi connectivity index (χ0) is 22.2. The van der Waals surface area contributed by atoms with Crippen molar-refractivity contribution in [2.24, 2.45) is 5.92 Å². The summed E-state index contributed by atoms with van der Waals surface area (Å²) in [6, 6.07) is 8.30. The molecule has 1 aromatic heterocycles. The second kappa shape index (κ2) is 11.1. The van der Waals surface area contributed by atoms with E-state index in [1.54, 1.807) is 11.3 Å². The number of allylic oxidation sites excluding steroid dienone is 1. The van der Waals surface area contributed by atoms with Gasteiger partial charge in [0.2, 0.25) is 5.91 Å². The molecule has 1 aliphatic rings. The average Bonchev–Trinajstić information content (AvgIpc) is 3.22. The van der Waals surface area contributed by atoms with E-state index in [0.29, 0.717) is 49.8 Å². The van der Waals surface area contributed by atoms with Crippen LogP contribution in [0.2, 0.25) is 0 Å². The van der Waals surface area contributed by atoms with Crippen LogP contribution in [0.1, 0.15) is 36.8 Å². The van der Waals surface area contributed by atoms with Crippen LogP contribution < -0.4 is 10.6 Å². The van der Waals surface area contributed by atoms with E-state index in [0.717, 1.165) is 29.8 Å². The Morgan fingerprint density at radius 1 is 1.39 bits per heavy atom. The molecule has 1 unspecified atom stereocenters. The fourth-order valence-corrected chi connectivity index (χ4v) is 4.73. The number of rotatable bonds is 10. The second-order valence-corrected chi connectivity index (χ2v) is 8.95. The number of aryl methyl sites for hydroxylation is 2. The zero-order valence-electron chi connectivity index (χ0n) is 18.1. The first-order valence-corrected chi connectivity index (χ1v) is 11.6. The van der Waals surface area contributed by atoms with Gasteiger partial charge in [0.15, 0.2) is 0 Å². The normalized spacial score (nSPS) is 15.2. The summed E-state index contributed by atoms with van der Waals surface area (Å²) in [5.74, 6) is 0.333. The molecule has 1 aromatic carbocycles. The van der Waals surface area contributed by atoms with Gasteiger partial charge in [-0.1, -0.05) is 26.1 Å². The number of thiazole rings is 1. The molecule has 0 radical (unpaired) electrons. The highest BCUT2D eigenvalue weighted by Crippen LogP contribution is 2.25. The summed E-state index contributed by atoms with van der Waals surface area (Å²) in [7, 11) is 0. The molecular weight excluding hydrogens is 408 g/mol. The quantitative estimate of drug-likeness (QED) is 0.434. The van der Waals surface area contributed by atoms with E-state index in [1.165, 1.54) is 10.3 Å². The first-order valence-electron chi connectivity index (χ1n) is 10.8. The van der Waals surface area contributed by atoms with E-state index in [1.807, 2.05) is 6.07 Å². The van der Waals surface area contributed by atoms with Crippen molar-refractivity contribution in [3.8, 4) is 6.07 Å². The maximum absolute atomic E-state index is 12.7. The van der Waals surface area contributed by atoms with Crippen LogP contribution in [0, 0.1) is 17.2 Å². The van der Waals surface area contributed by atoms with E-state index in [2.05, 4.69) is 53.9 Å². The summed E-state index contributed by atoms with van der Waals surface area (Å²) in [5.41, 5.74) is 3.10. The van der Waals surface area contributed by atoms with Crippen LogP contribution in [0.3, 0.4) is 0 Å². The van der Waals surface area contributed by atoms with Gasteiger partial charge in [-0.3, -0.25) is 4.79 Å². The smallest absolute Gasteiger partial charge is 0.220 e. The molecule has 0 saturated carbocycles. The van der Waals surface area contributed by atoms with Crippen LogP contribution in [-0.2, 0) is 22.4 Å². The van der Waals surface area contributed by atoms with Gasteiger partial charge in [0.05, 0.1) is 20.8 Å². The summed E-state index contributed by atoms with van der Waals surface area (Å²) >= 11 is 1.66. The van der Waals surface area contributed by atoms with Crippen LogP contribution in [0.25, 0.3) is 10.2 Å². The summed E-state index contributed by atoms with van der Waals surface area (Å²) in [5, 5.41) is 16.3. The number of aromatic nitrogens is 1. The average molecular weight is 439 g/mol. The number of nitrogens with one attached hydrogen (secondary N) is 2. The lowest BCUT2D eigenvalue weighted by Crippen LogP contribution is -2.48. The number of carbonyl (C=O) groups excluding carboxylic acids is 1. The van der Waals surface area contributed by atoms with Gasteiger partial charge in [-0.05, 0) is 42.9 Å². The van der Waals surface area contributed by atoms with Crippen molar-refractivity contribution in [2.75, 3.05) is 19.8 Å². The summed E-state index contributed by atoms with van der Waals surface area (Å²) in [6.07, 6.45) is 3.82. The molecule has 2 heterocycles. The highest BCUT2D eigenvalue weighted by atomic mass is 32.1. The van der Waals surface area contributed by atoms with Gasteiger partial charge >= 0.3 is 0 Å². The van der Waals surface area contributed by atoms with Gasteiger partial charge in [-0.2, -0.15) is 5.26 Å². The number of nitrogens with zero attached hydrogens (tertiary/aromatic N) is 2. The number of fused-ring (bicyclic) bond motifs is 1. The van der Waals surface area contributed by atoms with Crippen LogP contribution in [-0.4, -0.2) is 36.7 Å². The Morgan fingerprint density at radius 2 is 2.16 bits per heavy atom. The predicted octanol–water partition coefficient (Wildman–Crippen LogP) is 3.89. The molecule has 6 nitrogen and oxygen atoms in total. The Morgan fingerprint density at radius 3 is 2.87 bits per heavy atom. The molecule has 1 amide bonds. The van der Waals surface area contributed by atoms with E-state index >= 15 is 0 Å². The number of hydrogen-bond donors (Lipinski definition) is 2. The predicted molar refractivity (Wildman–Crippen MR) is 125 cm³/mol.